The molecule has 0 spiro atoms. The number of nitrogens with zero attached hydrogens (tertiary/aromatic N) is 3. The van der Waals surface area contributed by atoms with E-state index in [9.17, 15) is 4.79 Å². The number of carbonyl (C=O) groups is 1. The normalized spacial score (nSPS) is 17.4. The molecule has 2 heterocycles. The van der Waals surface area contributed by atoms with Crippen LogP contribution in [0, 0.1) is 13.8 Å². The van der Waals surface area contributed by atoms with Gasteiger partial charge in [0.15, 0.2) is 0 Å². The third kappa shape index (κ3) is 3.15. The molecule has 2 aromatic rings. The minimum Gasteiger partial charge on any atom is -0.379 e. The second-order valence-corrected chi connectivity index (χ2v) is 6.07. The zero-order valence-electron chi connectivity index (χ0n) is 14.0. The Hall–Kier alpha value is -2.14. The fourth-order valence-electron chi connectivity index (χ4n) is 3.18. The second kappa shape index (κ2) is 6.54. The van der Waals surface area contributed by atoms with Crippen LogP contribution >= 0.6 is 0 Å². The third-order valence-electron chi connectivity index (χ3n) is 4.56. The van der Waals surface area contributed by atoms with Crippen molar-refractivity contribution in [2.45, 2.75) is 32.7 Å². The molecule has 0 saturated carbocycles. The summed E-state index contributed by atoms with van der Waals surface area (Å²) in [6.45, 7) is 5.28. The van der Waals surface area contributed by atoms with Gasteiger partial charge >= 0.3 is 0 Å². The van der Waals surface area contributed by atoms with Gasteiger partial charge in [-0.15, -0.1) is 0 Å². The molecule has 1 aliphatic rings. The number of rotatable bonds is 4. The van der Waals surface area contributed by atoms with E-state index in [0.29, 0.717) is 19.6 Å². The number of amides is 1. The fraction of sp³-hybridized carbons (Fsp3) is 0.444. The van der Waals surface area contributed by atoms with Crippen LogP contribution in [0.1, 0.15) is 23.4 Å². The monoisotopic (exact) mass is 313 g/mol. The minimum atomic E-state index is 0.103. The van der Waals surface area contributed by atoms with Crippen molar-refractivity contribution in [2.24, 2.45) is 7.05 Å². The number of anilines is 1. The van der Waals surface area contributed by atoms with E-state index in [-0.39, 0.29) is 11.9 Å². The Balaban J connectivity index is 1.88. The molecule has 1 atom stereocenters. The van der Waals surface area contributed by atoms with Gasteiger partial charge in [0.25, 0.3) is 0 Å². The molecule has 1 saturated heterocycles. The SMILES string of the molecule is Cc1nn(C)c(C)c1CC(=O)N(c1ccccc1)[C@H]1CCOC1. The Bertz CT molecular complexity index is 688. The molecule has 3 rings (SSSR count). The average molecular weight is 313 g/mol. The molecule has 0 radical (unpaired) electrons. The standard InChI is InChI=1S/C18H23N3O2/c1-13-17(14(2)20(3)19-13)11-18(22)21(16-9-10-23-12-16)15-7-5-4-6-8-15/h4-8,16H,9-12H2,1-3H3/t16-/m0/s1. The van der Waals surface area contributed by atoms with E-state index in [0.717, 1.165) is 29.1 Å². The van der Waals surface area contributed by atoms with Gasteiger partial charge in [0.1, 0.15) is 0 Å². The molecule has 0 unspecified atom stereocenters. The first-order valence-electron chi connectivity index (χ1n) is 8.02. The van der Waals surface area contributed by atoms with Gasteiger partial charge in [-0.05, 0) is 32.4 Å². The van der Waals surface area contributed by atoms with Gasteiger partial charge in [-0.3, -0.25) is 9.48 Å². The van der Waals surface area contributed by atoms with Crippen molar-refractivity contribution >= 4 is 11.6 Å². The van der Waals surface area contributed by atoms with Crippen molar-refractivity contribution in [2.75, 3.05) is 18.1 Å². The Kier molecular flexibility index (Phi) is 4.48. The van der Waals surface area contributed by atoms with Crippen LogP contribution < -0.4 is 4.90 Å². The highest BCUT2D eigenvalue weighted by Crippen LogP contribution is 2.24. The summed E-state index contributed by atoms with van der Waals surface area (Å²) >= 11 is 0. The van der Waals surface area contributed by atoms with Crippen molar-refractivity contribution < 1.29 is 9.53 Å². The lowest BCUT2D eigenvalue weighted by atomic mass is 10.1. The summed E-state index contributed by atoms with van der Waals surface area (Å²) in [6.07, 6.45) is 1.25. The number of aryl methyl sites for hydroxylation is 2. The Morgan fingerprint density at radius 3 is 2.65 bits per heavy atom. The van der Waals surface area contributed by atoms with Crippen LogP contribution in [0.5, 0.6) is 0 Å². The van der Waals surface area contributed by atoms with E-state index in [4.69, 9.17) is 4.74 Å². The summed E-state index contributed by atoms with van der Waals surface area (Å²) in [4.78, 5) is 14.9. The summed E-state index contributed by atoms with van der Waals surface area (Å²) in [7, 11) is 1.91. The van der Waals surface area contributed by atoms with Crippen molar-refractivity contribution in [1.82, 2.24) is 9.78 Å². The van der Waals surface area contributed by atoms with Crippen LogP contribution in [0.3, 0.4) is 0 Å². The van der Waals surface area contributed by atoms with Crippen molar-refractivity contribution in [3.63, 3.8) is 0 Å². The van der Waals surface area contributed by atoms with E-state index in [2.05, 4.69) is 5.10 Å². The number of hydrogen-bond donors (Lipinski definition) is 0. The topological polar surface area (TPSA) is 47.4 Å². The zero-order valence-corrected chi connectivity index (χ0v) is 14.0. The fourth-order valence-corrected chi connectivity index (χ4v) is 3.18. The summed E-state index contributed by atoms with van der Waals surface area (Å²) < 4.78 is 7.34. The molecular weight excluding hydrogens is 290 g/mol. The van der Waals surface area contributed by atoms with Crippen LogP contribution in [0.15, 0.2) is 30.3 Å². The number of ether oxygens (including phenoxy) is 1. The Morgan fingerprint density at radius 2 is 2.09 bits per heavy atom. The quantitative estimate of drug-likeness (QED) is 0.871. The maximum Gasteiger partial charge on any atom is 0.231 e. The van der Waals surface area contributed by atoms with E-state index in [1.54, 1.807) is 0 Å². The van der Waals surface area contributed by atoms with E-state index < -0.39 is 0 Å². The number of carbonyl (C=O) groups excluding carboxylic acids is 1. The molecule has 0 bridgehead atoms. The average Bonchev–Trinajstić information content (AvgIpc) is 3.14. The molecular formula is C18H23N3O2. The molecule has 122 valence electrons. The number of hydrogen-bond acceptors (Lipinski definition) is 3. The predicted molar refractivity (Wildman–Crippen MR) is 89.5 cm³/mol. The first-order valence-corrected chi connectivity index (χ1v) is 8.02. The van der Waals surface area contributed by atoms with Crippen molar-refractivity contribution in [1.29, 1.82) is 0 Å². The highest BCUT2D eigenvalue weighted by atomic mass is 16.5. The highest BCUT2D eigenvalue weighted by Gasteiger charge is 2.29. The molecule has 1 aliphatic heterocycles. The summed E-state index contributed by atoms with van der Waals surface area (Å²) in [5, 5.41) is 4.41. The number of para-hydroxylation sites is 1. The summed E-state index contributed by atoms with van der Waals surface area (Å²) in [5.41, 5.74) is 3.94. The summed E-state index contributed by atoms with van der Waals surface area (Å²) in [6, 6.07) is 9.98. The Morgan fingerprint density at radius 1 is 1.35 bits per heavy atom. The molecule has 1 amide bonds. The molecule has 1 aromatic carbocycles. The predicted octanol–water partition coefficient (Wildman–Crippen LogP) is 2.40. The third-order valence-corrected chi connectivity index (χ3v) is 4.56. The van der Waals surface area contributed by atoms with Crippen LogP contribution in [0.25, 0.3) is 0 Å². The van der Waals surface area contributed by atoms with Crippen LogP contribution in [-0.2, 0) is 23.0 Å². The lowest BCUT2D eigenvalue weighted by molar-refractivity contribution is -0.118. The molecule has 5 nitrogen and oxygen atoms in total. The first-order chi connectivity index (χ1) is 11.1. The molecule has 0 N–H and O–H groups in total. The van der Waals surface area contributed by atoms with Crippen LogP contribution in [0.2, 0.25) is 0 Å². The smallest absolute Gasteiger partial charge is 0.231 e. The molecule has 0 aliphatic carbocycles. The molecule has 23 heavy (non-hydrogen) atoms. The maximum absolute atomic E-state index is 13.0. The van der Waals surface area contributed by atoms with Gasteiger partial charge in [-0.25, -0.2) is 0 Å². The van der Waals surface area contributed by atoms with Crippen LogP contribution in [0.4, 0.5) is 5.69 Å². The second-order valence-electron chi connectivity index (χ2n) is 6.07. The van der Waals surface area contributed by atoms with E-state index in [1.165, 1.54) is 0 Å². The zero-order chi connectivity index (χ0) is 16.4. The van der Waals surface area contributed by atoms with E-state index in [1.807, 2.05) is 60.8 Å². The van der Waals surface area contributed by atoms with Crippen molar-refractivity contribution in [3.8, 4) is 0 Å². The van der Waals surface area contributed by atoms with Gasteiger partial charge in [-0.2, -0.15) is 5.10 Å². The van der Waals surface area contributed by atoms with Gasteiger partial charge in [0.05, 0.1) is 24.8 Å². The highest BCUT2D eigenvalue weighted by molar-refractivity contribution is 5.95. The van der Waals surface area contributed by atoms with Gasteiger partial charge in [0, 0.05) is 30.6 Å². The largest absolute Gasteiger partial charge is 0.379 e. The van der Waals surface area contributed by atoms with Gasteiger partial charge in [-0.1, -0.05) is 18.2 Å². The molecule has 1 fully saturated rings. The van der Waals surface area contributed by atoms with Crippen molar-refractivity contribution in [3.05, 3.63) is 47.3 Å². The lowest BCUT2D eigenvalue weighted by Crippen LogP contribution is -2.42. The van der Waals surface area contributed by atoms with Gasteiger partial charge in [0.2, 0.25) is 5.91 Å². The molecule has 5 heteroatoms. The maximum atomic E-state index is 13.0. The number of benzene rings is 1. The van der Waals surface area contributed by atoms with E-state index >= 15 is 0 Å². The van der Waals surface area contributed by atoms with Gasteiger partial charge < -0.3 is 9.64 Å². The lowest BCUT2D eigenvalue weighted by Gasteiger charge is -2.28. The Labute approximate surface area is 136 Å². The molecule has 1 aromatic heterocycles. The number of aromatic nitrogens is 2. The first kappa shape index (κ1) is 15.7. The summed E-state index contributed by atoms with van der Waals surface area (Å²) in [5.74, 6) is 0.103. The minimum absolute atomic E-state index is 0.103. The van der Waals surface area contributed by atoms with Crippen LogP contribution in [-0.4, -0.2) is 34.9 Å².